The van der Waals surface area contributed by atoms with Crippen molar-refractivity contribution in [3.05, 3.63) is 99.2 Å². The van der Waals surface area contributed by atoms with Gasteiger partial charge in [-0.15, -0.1) is 0 Å². The summed E-state index contributed by atoms with van der Waals surface area (Å²) in [5.41, 5.74) is 2.32. The number of para-hydroxylation sites is 1. The predicted molar refractivity (Wildman–Crippen MR) is 104 cm³/mol. The van der Waals surface area contributed by atoms with Crippen LogP contribution in [0.15, 0.2) is 82.0 Å². The fourth-order valence-electron chi connectivity index (χ4n) is 3.05. The molecule has 1 N–H and O–H groups in total. The average Bonchev–Trinajstić information content (AvgIpc) is 2.67. The second-order valence-electron chi connectivity index (χ2n) is 6.05. The standard InChI is InChI=1S/C22H15ClO3/c23-16-10-11-19(24)15(12-16)13-18-21(25)17-8-4-5-9-20(17)26-22(18)14-6-2-1-3-7-14/h1-12,24H,13H2. The van der Waals surface area contributed by atoms with E-state index in [1.54, 1.807) is 24.3 Å². The van der Waals surface area contributed by atoms with Gasteiger partial charge >= 0.3 is 0 Å². The minimum atomic E-state index is -0.106. The van der Waals surface area contributed by atoms with E-state index in [1.807, 2.05) is 42.5 Å². The first kappa shape index (κ1) is 16.4. The zero-order chi connectivity index (χ0) is 18.1. The van der Waals surface area contributed by atoms with E-state index in [0.29, 0.717) is 32.9 Å². The van der Waals surface area contributed by atoms with Crippen molar-refractivity contribution in [1.82, 2.24) is 0 Å². The zero-order valence-electron chi connectivity index (χ0n) is 13.8. The summed E-state index contributed by atoms with van der Waals surface area (Å²) < 4.78 is 6.09. The minimum absolute atomic E-state index is 0.0981. The summed E-state index contributed by atoms with van der Waals surface area (Å²) in [5.74, 6) is 0.606. The molecule has 26 heavy (non-hydrogen) atoms. The summed E-state index contributed by atoms with van der Waals surface area (Å²) in [7, 11) is 0. The van der Waals surface area contributed by atoms with Crippen molar-refractivity contribution in [2.45, 2.75) is 6.42 Å². The Hall–Kier alpha value is -3.04. The molecule has 0 fully saturated rings. The number of halogens is 1. The molecular formula is C22H15ClO3. The van der Waals surface area contributed by atoms with Crippen molar-refractivity contribution in [3.63, 3.8) is 0 Å². The van der Waals surface area contributed by atoms with Crippen molar-refractivity contribution < 1.29 is 9.52 Å². The molecule has 0 radical (unpaired) electrons. The maximum atomic E-state index is 13.1. The van der Waals surface area contributed by atoms with Crippen molar-refractivity contribution >= 4 is 22.6 Å². The molecule has 4 heteroatoms. The highest BCUT2D eigenvalue weighted by Gasteiger charge is 2.17. The number of fused-ring (bicyclic) bond motifs is 1. The highest BCUT2D eigenvalue weighted by atomic mass is 35.5. The topological polar surface area (TPSA) is 50.4 Å². The van der Waals surface area contributed by atoms with Crippen LogP contribution in [0.2, 0.25) is 5.02 Å². The molecule has 0 aliphatic rings. The molecule has 0 saturated heterocycles. The third-order valence-electron chi connectivity index (χ3n) is 4.34. The largest absolute Gasteiger partial charge is 0.508 e. The van der Waals surface area contributed by atoms with Gasteiger partial charge in [0, 0.05) is 22.6 Å². The van der Waals surface area contributed by atoms with Crippen LogP contribution in [-0.4, -0.2) is 5.11 Å². The Morgan fingerprint density at radius 1 is 0.923 bits per heavy atom. The van der Waals surface area contributed by atoms with Crippen LogP contribution < -0.4 is 5.43 Å². The van der Waals surface area contributed by atoms with Gasteiger partial charge in [-0.25, -0.2) is 0 Å². The number of hydrogen-bond acceptors (Lipinski definition) is 3. The Bertz CT molecular complexity index is 1150. The van der Waals surface area contributed by atoms with Gasteiger partial charge in [-0.05, 0) is 35.9 Å². The normalized spacial score (nSPS) is 11.0. The molecule has 128 valence electrons. The van der Waals surface area contributed by atoms with E-state index in [2.05, 4.69) is 0 Å². The van der Waals surface area contributed by atoms with Crippen molar-refractivity contribution in [2.75, 3.05) is 0 Å². The van der Waals surface area contributed by atoms with E-state index in [-0.39, 0.29) is 17.6 Å². The first-order chi connectivity index (χ1) is 12.6. The zero-order valence-corrected chi connectivity index (χ0v) is 14.5. The third kappa shape index (κ3) is 2.98. The molecule has 0 saturated carbocycles. The number of hydrogen-bond donors (Lipinski definition) is 1. The summed E-state index contributed by atoms with van der Waals surface area (Å²) >= 11 is 6.06. The predicted octanol–water partition coefficient (Wildman–Crippen LogP) is 5.41. The van der Waals surface area contributed by atoms with E-state index in [4.69, 9.17) is 16.0 Å². The van der Waals surface area contributed by atoms with Crippen molar-refractivity contribution in [1.29, 1.82) is 0 Å². The van der Waals surface area contributed by atoms with Gasteiger partial charge in [-0.3, -0.25) is 4.79 Å². The van der Waals surface area contributed by atoms with E-state index >= 15 is 0 Å². The highest BCUT2D eigenvalue weighted by Crippen LogP contribution is 2.30. The van der Waals surface area contributed by atoms with Gasteiger partial charge in [-0.1, -0.05) is 54.1 Å². The molecule has 3 nitrogen and oxygen atoms in total. The highest BCUT2D eigenvalue weighted by molar-refractivity contribution is 6.30. The minimum Gasteiger partial charge on any atom is -0.508 e. The number of rotatable bonds is 3. The quantitative estimate of drug-likeness (QED) is 0.530. The van der Waals surface area contributed by atoms with Crippen LogP contribution in [0.3, 0.4) is 0 Å². The number of phenolic OH excluding ortho intramolecular Hbond substituents is 1. The second-order valence-corrected chi connectivity index (χ2v) is 6.49. The van der Waals surface area contributed by atoms with Crippen LogP contribution >= 0.6 is 11.6 Å². The molecule has 1 aromatic heterocycles. The first-order valence-corrected chi connectivity index (χ1v) is 8.59. The van der Waals surface area contributed by atoms with Crippen molar-refractivity contribution in [3.8, 4) is 17.1 Å². The maximum absolute atomic E-state index is 13.1. The van der Waals surface area contributed by atoms with E-state index in [0.717, 1.165) is 5.56 Å². The summed E-state index contributed by atoms with van der Waals surface area (Å²) in [6.07, 6.45) is 0.226. The first-order valence-electron chi connectivity index (χ1n) is 8.21. The van der Waals surface area contributed by atoms with Gasteiger partial charge in [-0.2, -0.15) is 0 Å². The Morgan fingerprint density at radius 3 is 2.46 bits per heavy atom. The van der Waals surface area contributed by atoms with Gasteiger partial charge in [0.05, 0.1) is 5.39 Å². The summed E-state index contributed by atoms with van der Waals surface area (Å²) in [6, 6.07) is 21.5. The molecule has 4 aromatic rings. The lowest BCUT2D eigenvalue weighted by atomic mass is 9.98. The van der Waals surface area contributed by atoms with Gasteiger partial charge in [0.2, 0.25) is 0 Å². The molecule has 3 aromatic carbocycles. The third-order valence-corrected chi connectivity index (χ3v) is 4.57. The van der Waals surface area contributed by atoms with Gasteiger partial charge in [0.25, 0.3) is 0 Å². The Kier molecular flexibility index (Phi) is 4.23. The number of phenols is 1. The Balaban J connectivity index is 1.98. The molecule has 0 aliphatic heterocycles. The van der Waals surface area contributed by atoms with Crippen LogP contribution in [0, 0.1) is 0 Å². The molecule has 0 aliphatic carbocycles. The molecule has 4 rings (SSSR count). The van der Waals surface area contributed by atoms with Crippen LogP contribution in [0.1, 0.15) is 11.1 Å². The molecule has 1 heterocycles. The van der Waals surface area contributed by atoms with Crippen molar-refractivity contribution in [2.24, 2.45) is 0 Å². The average molecular weight is 363 g/mol. The molecule has 0 unspecified atom stereocenters. The molecule has 0 amide bonds. The van der Waals surface area contributed by atoms with Crippen LogP contribution in [0.5, 0.6) is 5.75 Å². The fourth-order valence-corrected chi connectivity index (χ4v) is 3.24. The van der Waals surface area contributed by atoms with E-state index in [9.17, 15) is 9.90 Å². The fraction of sp³-hybridized carbons (Fsp3) is 0.0455. The number of benzene rings is 3. The van der Waals surface area contributed by atoms with Crippen LogP contribution in [0.4, 0.5) is 0 Å². The number of aromatic hydroxyl groups is 1. The van der Waals surface area contributed by atoms with Crippen LogP contribution in [-0.2, 0) is 6.42 Å². The smallest absolute Gasteiger partial charge is 0.196 e. The lowest BCUT2D eigenvalue weighted by Crippen LogP contribution is -2.12. The van der Waals surface area contributed by atoms with E-state index < -0.39 is 0 Å². The van der Waals surface area contributed by atoms with Crippen LogP contribution in [0.25, 0.3) is 22.3 Å². The van der Waals surface area contributed by atoms with Gasteiger partial charge in [0.15, 0.2) is 5.43 Å². The Morgan fingerprint density at radius 2 is 1.65 bits per heavy atom. The molecular weight excluding hydrogens is 348 g/mol. The second kappa shape index (κ2) is 6.70. The van der Waals surface area contributed by atoms with E-state index in [1.165, 1.54) is 6.07 Å². The monoisotopic (exact) mass is 362 g/mol. The van der Waals surface area contributed by atoms with Gasteiger partial charge in [0.1, 0.15) is 17.1 Å². The molecule has 0 spiro atoms. The summed E-state index contributed by atoms with van der Waals surface area (Å²) in [4.78, 5) is 13.1. The lowest BCUT2D eigenvalue weighted by Gasteiger charge is -2.11. The Labute approximate surface area is 155 Å². The molecule has 0 atom stereocenters. The SMILES string of the molecule is O=c1c(Cc2cc(Cl)ccc2O)c(-c2ccccc2)oc2ccccc12. The maximum Gasteiger partial charge on any atom is 0.196 e. The lowest BCUT2D eigenvalue weighted by molar-refractivity contribution is 0.469. The van der Waals surface area contributed by atoms with Gasteiger partial charge < -0.3 is 9.52 Å². The molecule has 0 bridgehead atoms. The summed E-state index contributed by atoms with van der Waals surface area (Å²) in [6.45, 7) is 0. The summed E-state index contributed by atoms with van der Waals surface area (Å²) in [5, 5.41) is 11.2.